The third kappa shape index (κ3) is 9.92. The van der Waals surface area contributed by atoms with E-state index in [2.05, 4.69) is 33.0 Å². The Labute approximate surface area is 111 Å². The van der Waals surface area contributed by atoms with Gasteiger partial charge in [-0.1, -0.05) is 27.7 Å². The summed E-state index contributed by atoms with van der Waals surface area (Å²) >= 11 is 1.72. The van der Waals surface area contributed by atoms with Crippen LogP contribution in [0.2, 0.25) is 0 Å². The molecule has 0 aliphatic heterocycles. The molecule has 0 aliphatic carbocycles. The summed E-state index contributed by atoms with van der Waals surface area (Å²) in [7, 11) is -2.82. The van der Waals surface area contributed by atoms with Crippen molar-refractivity contribution in [3.05, 3.63) is 0 Å². The molecular weight excluding hydrogens is 254 g/mol. The molecule has 0 saturated heterocycles. The molecule has 0 saturated carbocycles. The topological polar surface area (TPSA) is 46.2 Å². The second-order valence-electron chi connectivity index (χ2n) is 5.58. The molecule has 0 aliphatic rings. The van der Waals surface area contributed by atoms with Crippen molar-refractivity contribution < 1.29 is 8.42 Å². The van der Waals surface area contributed by atoms with Crippen LogP contribution in [0.5, 0.6) is 0 Å². The molecule has 0 spiro atoms. The van der Waals surface area contributed by atoms with Gasteiger partial charge in [0.25, 0.3) is 0 Å². The van der Waals surface area contributed by atoms with E-state index in [1.165, 1.54) is 6.26 Å². The lowest BCUT2D eigenvalue weighted by Crippen LogP contribution is -2.42. The van der Waals surface area contributed by atoms with Gasteiger partial charge in [-0.3, -0.25) is 0 Å². The second kappa shape index (κ2) is 7.64. The number of sulfone groups is 1. The third-order valence-corrected chi connectivity index (χ3v) is 4.84. The summed E-state index contributed by atoms with van der Waals surface area (Å²) in [4.78, 5) is 0. The Bertz CT molecular complexity index is 294. The molecule has 0 aromatic rings. The summed E-state index contributed by atoms with van der Waals surface area (Å²) in [5.74, 6) is 1.94. The zero-order valence-electron chi connectivity index (χ0n) is 11.7. The molecule has 5 heteroatoms. The van der Waals surface area contributed by atoms with Crippen molar-refractivity contribution in [3.63, 3.8) is 0 Å². The first kappa shape index (κ1) is 17.3. The van der Waals surface area contributed by atoms with E-state index in [1.807, 2.05) is 0 Å². The zero-order chi connectivity index (χ0) is 13.5. The third-order valence-electron chi connectivity index (χ3n) is 2.57. The van der Waals surface area contributed by atoms with Gasteiger partial charge in [0.15, 0.2) is 0 Å². The van der Waals surface area contributed by atoms with Gasteiger partial charge < -0.3 is 5.32 Å². The van der Waals surface area contributed by atoms with Crippen molar-refractivity contribution in [2.45, 2.75) is 40.2 Å². The number of hydrogen-bond donors (Lipinski definition) is 1. The van der Waals surface area contributed by atoms with Gasteiger partial charge in [-0.2, -0.15) is 11.8 Å². The van der Waals surface area contributed by atoms with Gasteiger partial charge in [0.05, 0.1) is 5.75 Å². The highest BCUT2D eigenvalue weighted by atomic mass is 32.2. The number of rotatable bonds is 8. The Morgan fingerprint density at radius 2 is 1.88 bits per heavy atom. The molecular formula is C12H27NO2S2. The van der Waals surface area contributed by atoms with Crippen LogP contribution in [0.1, 0.15) is 34.1 Å². The van der Waals surface area contributed by atoms with Crippen LogP contribution >= 0.6 is 11.8 Å². The van der Waals surface area contributed by atoms with Crippen LogP contribution in [0.25, 0.3) is 0 Å². The lowest BCUT2D eigenvalue weighted by Gasteiger charge is -2.31. The van der Waals surface area contributed by atoms with Crippen LogP contribution in [0.15, 0.2) is 0 Å². The fourth-order valence-electron chi connectivity index (χ4n) is 1.35. The Balaban J connectivity index is 4.01. The number of hydrogen-bond acceptors (Lipinski definition) is 4. The second-order valence-corrected chi connectivity index (χ2v) is 8.99. The van der Waals surface area contributed by atoms with Crippen molar-refractivity contribution in [2.24, 2.45) is 5.41 Å². The predicted molar refractivity (Wildman–Crippen MR) is 78.6 cm³/mol. The van der Waals surface area contributed by atoms with Gasteiger partial charge >= 0.3 is 0 Å². The first-order chi connectivity index (χ1) is 7.67. The summed E-state index contributed by atoms with van der Waals surface area (Å²) in [5, 5.41) is 3.54. The monoisotopic (exact) mass is 281 g/mol. The highest BCUT2D eigenvalue weighted by molar-refractivity contribution is 8.00. The van der Waals surface area contributed by atoms with Gasteiger partial charge in [-0.15, -0.1) is 0 Å². The van der Waals surface area contributed by atoms with Crippen molar-refractivity contribution in [3.8, 4) is 0 Å². The molecule has 0 bridgehead atoms. The highest BCUT2D eigenvalue weighted by Gasteiger charge is 2.23. The Kier molecular flexibility index (Phi) is 7.76. The number of thioether (sulfide) groups is 1. The van der Waals surface area contributed by atoms with Crippen LogP contribution < -0.4 is 5.32 Å². The molecule has 104 valence electrons. The molecule has 0 rings (SSSR count). The fourth-order valence-corrected chi connectivity index (χ4v) is 4.05. The highest BCUT2D eigenvalue weighted by Crippen LogP contribution is 2.22. The molecule has 0 radical (unpaired) electrons. The first-order valence-corrected chi connectivity index (χ1v) is 9.37. The Hall–Kier alpha value is 0.260. The van der Waals surface area contributed by atoms with E-state index in [-0.39, 0.29) is 11.2 Å². The minimum Gasteiger partial charge on any atom is -0.313 e. The van der Waals surface area contributed by atoms with E-state index in [0.29, 0.717) is 11.8 Å². The van der Waals surface area contributed by atoms with E-state index in [1.54, 1.807) is 11.8 Å². The van der Waals surface area contributed by atoms with Gasteiger partial charge in [0, 0.05) is 23.8 Å². The predicted octanol–water partition coefficient (Wildman–Crippen LogP) is 2.18. The molecule has 0 aromatic carbocycles. The van der Waals surface area contributed by atoms with E-state index < -0.39 is 9.84 Å². The maximum Gasteiger partial charge on any atom is 0.148 e. The molecule has 0 aromatic heterocycles. The molecule has 17 heavy (non-hydrogen) atoms. The van der Waals surface area contributed by atoms with E-state index in [0.717, 1.165) is 18.7 Å². The zero-order valence-corrected chi connectivity index (χ0v) is 13.4. The molecule has 1 unspecified atom stereocenters. The lowest BCUT2D eigenvalue weighted by atomic mass is 9.88. The van der Waals surface area contributed by atoms with Crippen molar-refractivity contribution >= 4 is 21.6 Å². The standard InChI is InChI=1S/C12H27NO2S2/c1-6-7-13-11(12(2,3)4)10-16-8-9-17(5,14)15/h11,13H,6-10H2,1-5H3. The molecule has 0 amide bonds. The van der Waals surface area contributed by atoms with Gasteiger partial charge in [-0.25, -0.2) is 8.42 Å². The van der Waals surface area contributed by atoms with Crippen molar-refractivity contribution in [2.75, 3.05) is 30.1 Å². The van der Waals surface area contributed by atoms with Gasteiger partial charge in [-0.05, 0) is 18.4 Å². The fraction of sp³-hybridized carbons (Fsp3) is 1.00. The summed E-state index contributed by atoms with van der Waals surface area (Å²) in [6.07, 6.45) is 2.42. The van der Waals surface area contributed by atoms with Crippen LogP contribution in [-0.2, 0) is 9.84 Å². The SMILES string of the molecule is CCCNC(CSCCS(C)(=O)=O)C(C)(C)C. The quantitative estimate of drug-likeness (QED) is 0.693. The van der Waals surface area contributed by atoms with E-state index >= 15 is 0 Å². The minimum atomic E-state index is -2.82. The number of nitrogens with one attached hydrogen (secondary N) is 1. The van der Waals surface area contributed by atoms with Crippen LogP contribution in [0, 0.1) is 5.41 Å². The molecule has 1 N–H and O–H groups in total. The Morgan fingerprint density at radius 1 is 1.29 bits per heavy atom. The van der Waals surface area contributed by atoms with Gasteiger partial charge in [0.1, 0.15) is 9.84 Å². The average Bonchev–Trinajstić information content (AvgIpc) is 2.13. The van der Waals surface area contributed by atoms with Crippen LogP contribution in [0.3, 0.4) is 0 Å². The van der Waals surface area contributed by atoms with Crippen molar-refractivity contribution in [1.29, 1.82) is 0 Å². The maximum absolute atomic E-state index is 11.0. The summed E-state index contributed by atoms with van der Waals surface area (Å²) < 4.78 is 22.0. The average molecular weight is 281 g/mol. The smallest absolute Gasteiger partial charge is 0.148 e. The van der Waals surface area contributed by atoms with Gasteiger partial charge in [0.2, 0.25) is 0 Å². The first-order valence-electron chi connectivity index (χ1n) is 6.15. The summed E-state index contributed by atoms with van der Waals surface area (Å²) in [6.45, 7) is 9.84. The lowest BCUT2D eigenvalue weighted by molar-refractivity contribution is 0.292. The van der Waals surface area contributed by atoms with Crippen molar-refractivity contribution in [1.82, 2.24) is 5.32 Å². The van der Waals surface area contributed by atoms with E-state index in [4.69, 9.17) is 0 Å². The molecule has 0 heterocycles. The van der Waals surface area contributed by atoms with E-state index in [9.17, 15) is 8.42 Å². The molecule has 1 atom stereocenters. The normalized spacial score (nSPS) is 14.9. The maximum atomic E-state index is 11.0. The minimum absolute atomic E-state index is 0.216. The summed E-state index contributed by atoms with van der Waals surface area (Å²) in [5.41, 5.74) is 0.216. The van der Waals surface area contributed by atoms with Crippen LogP contribution in [-0.4, -0.2) is 44.5 Å². The molecule has 3 nitrogen and oxygen atoms in total. The molecule has 0 fully saturated rings. The summed E-state index contributed by atoms with van der Waals surface area (Å²) in [6, 6.07) is 0.437. The Morgan fingerprint density at radius 3 is 2.29 bits per heavy atom. The van der Waals surface area contributed by atoms with Crippen LogP contribution in [0.4, 0.5) is 0 Å². The largest absolute Gasteiger partial charge is 0.313 e.